The summed E-state index contributed by atoms with van der Waals surface area (Å²) in [5.41, 5.74) is 16.6. The van der Waals surface area contributed by atoms with Crippen LogP contribution in [0, 0.1) is 0 Å². The maximum absolute atomic E-state index is 6.95. The first-order valence-corrected chi connectivity index (χ1v) is 21.0. The van der Waals surface area contributed by atoms with Gasteiger partial charge in [-0.15, -0.1) is 0 Å². The van der Waals surface area contributed by atoms with E-state index in [4.69, 9.17) is 4.42 Å². The second kappa shape index (κ2) is 14.1. The molecule has 12 rings (SSSR count). The van der Waals surface area contributed by atoms with Crippen molar-refractivity contribution in [1.29, 1.82) is 0 Å². The van der Waals surface area contributed by atoms with Crippen molar-refractivity contribution in [3.05, 3.63) is 259 Å². The zero-order valence-corrected chi connectivity index (χ0v) is 33.4. The van der Waals surface area contributed by atoms with Crippen molar-refractivity contribution in [2.45, 2.75) is 5.41 Å². The van der Waals surface area contributed by atoms with Crippen molar-refractivity contribution in [3.8, 4) is 33.4 Å². The van der Waals surface area contributed by atoms with E-state index < -0.39 is 5.41 Å². The van der Waals surface area contributed by atoms with Crippen LogP contribution in [0.1, 0.15) is 22.3 Å². The maximum atomic E-state index is 6.95. The lowest BCUT2D eigenvalue weighted by Gasteiger charge is -2.35. The van der Waals surface area contributed by atoms with Crippen LogP contribution in [-0.4, -0.2) is 0 Å². The molecule has 286 valence electrons. The number of nitrogens with zero attached hydrogens (tertiary/aromatic N) is 1. The minimum atomic E-state index is -0.542. The van der Waals surface area contributed by atoms with Gasteiger partial charge >= 0.3 is 0 Å². The highest BCUT2D eigenvalue weighted by molar-refractivity contribution is 6.22. The van der Waals surface area contributed by atoms with E-state index in [2.05, 4.69) is 241 Å². The van der Waals surface area contributed by atoms with Crippen LogP contribution in [0.25, 0.3) is 66.1 Å². The van der Waals surface area contributed by atoms with Crippen LogP contribution in [0.5, 0.6) is 0 Å². The molecule has 0 aliphatic heterocycles. The van der Waals surface area contributed by atoms with Crippen molar-refractivity contribution in [1.82, 2.24) is 0 Å². The number of rotatable bonds is 7. The molecule has 1 aliphatic rings. The molecular weight excluding hydrogens is 739 g/mol. The fourth-order valence-electron chi connectivity index (χ4n) is 10.1. The Morgan fingerprint density at radius 1 is 0.344 bits per heavy atom. The second-order valence-corrected chi connectivity index (χ2v) is 16.0. The highest BCUT2D eigenvalue weighted by Crippen LogP contribution is 2.57. The molecule has 2 heteroatoms. The van der Waals surface area contributed by atoms with Gasteiger partial charge in [-0.3, -0.25) is 0 Å². The summed E-state index contributed by atoms with van der Waals surface area (Å²) in [5, 5.41) is 4.44. The van der Waals surface area contributed by atoms with Crippen molar-refractivity contribution >= 4 is 49.8 Å². The SMILES string of the molecule is c1ccc(-c2cccc(N(c3ccc4c(c3)C(c3ccccc3)(c3ccccc3)c3ccccc3-4)c3cccc4oc5c6ccccc6c(-c6ccccc6)cc5c34)c2)cc1. The number of hydrogen-bond acceptors (Lipinski definition) is 2. The zero-order chi connectivity index (χ0) is 40.3. The van der Waals surface area contributed by atoms with Crippen molar-refractivity contribution in [3.63, 3.8) is 0 Å². The fourth-order valence-corrected chi connectivity index (χ4v) is 10.1. The second-order valence-electron chi connectivity index (χ2n) is 16.0. The highest BCUT2D eigenvalue weighted by atomic mass is 16.3. The maximum Gasteiger partial charge on any atom is 0.143 e. The van der Waals surface area contributed by atoms with Gasteiger partial charge < -0.3 is 9.32 Å². The predicted octanol–water partition coefficient (Wildman–Crippen LogP) is 15.9. The number of fused-ring (bicyclic) bond motifs is 8. The summed E-state index contributed by atoms with van der Waals surface area (Å²) in [6.07, 6.45) is 0. The van der Waals surface area contributed by atoms with Gasteiger partial charge in [0.05, 0.1) is 16.5 Å². The van der Waals surface area contributed by atoms with Crippen molar-refractivity contribution in [2.24, 2.45) is 0 Å². The van der Waals surface area contributed by atoms with Crippen LogP contribution >= 0.6 is 0 Å². The predicted molar refractivity (Wildman–Crippen MR) is 254 cm³/mol. The summed E-state index contributed by atoms with van der Waals surface area (Å²) >= 11 is 0. The largest absolute Gasteiger partial charge is 0.455 e. The lowest BCUT2D eigenvalue weighted by molar-refractivity contribution is 0.672. The van der Waals surface area contributed by atoms with Gasteiger partial charge in [-0.25, -0.2) is 0 Å². The summed E-state index contributed by atoms with van der Waals surface area (Å²) in [5.74, 6) is 0. The lowest BCUT2D eigenvalue weighted by atomic mass is 9.67. The quantitative estimate of drug-likeness (QED) is 0.160. The third-order valence-corrected chi connectivity index (χ3v) is 12.7. The summed E-state index contributed by atoms with van der Waals surface area (Å²) < 4.78 is 6.95. The van der Waals surface area contributed by atoms with Gasteiger partial charge in [0.2, 0.25) is 0 Å². The molecule has 1 heterocycles. The van der Waals surface area contributed by atoms with Crippen molar-refractivity contribution in [2.75, 3.05) is 4.90 Å². The Balaban J connectivity index is 1.17. The molecule has 11 aromatic rings. The number of anilines is 3. The van der Waals surface area contributed by atoms with E-state index in [9.17, 15) is 0 Å². The molecule has 0 fully saturated rings. The Labute approximate surface area is 355 Å². The number of hydrogen-bond donors (Lipinski definition) is 0. The molecule has 0 bridgehead atoms. The zero-order valence-electron chi connectivity index (χ0n) is 33.4. The Hall–Kier alpha value is -7.94. The Kier molecular flexibility index (Phi) is 8.11. The molecule has 0 amide bonds. The summed E-state index contributed by atoms with van der Waals surface area (Å²) in [7, 11) is 0. The molecule has 61 heavy (non-hydrogen) atoms. The molecule has 0 saturated heterocycles. The molecule has 0 saturated carbocycles. The molecule has 2 nitrogen and oxygen atoms in total. The third kappa shape index (κ3) is 5.43. The smallest absolute Gasteiger partial charge is 0.143 e. The highest BCUT2D eigenvalue weighted by Gasteiger charge is 2.46. The van der Waals surface area contributed by atoms with Gasteiger partial charge in [0.1, 0.15) is 11.2 Å². The first-order chi connectivity index (χ1) is 30.3. The number of furan rings is 1. The molecule has 0 unspecified atom stereocenters. The average molecular weight is 778 g/mol. The van der Waals surface area contributed by atoms with Crippen LogP contribution in [0.15, 0.2) is 241 Å². The summed E-state index contributed by atoms with van der Waals surface area (Å²) in [6, 6.07) is 86.0. The molecule has 1 aliphatic carbocycles. The van der Waals surface area contributed by atoms with Crippen molar-refractivity contribution < 1.29 is 4.42 Å². The minimum absolute atomic E-state index is 0.542. The lowest BCUT2D eigenvalue weighted by Crippen LogP contribution is -2.28. The number of benzene rings is 10. The third-order valence-electron chi connectivity index (χ3n) is 12.7. The van der Waals surface area contributed by atoms with E-state index in [-0.39, 0.29) is 0 Å². The van der Waals surface area contributed by atoms with Crippen LogP contribution in [0.3, 0.4) is 0 Å². The van der Waals surface area contributed by atoms with E-state index in [1.54, 1.807) is 0 Å². The Morgan fingerprint density at radius 2 is 0.918 bits per heavy atom. The summed E-state index contributed by atoms with van der Waals surface area (Å²) in [4.78, 5) is 2.45. The molecule has 0 atom stereocenters. The van der Waals surface area contributed by atoms with E-state index in [1.807, 2.05) is 0 Å². The Morgan fingerprint density at radius 3 is 1.66 bits per heavy atom. The van der Waals surface area contributed by atoms with Gasteiger partial charge in [-0.2, -0.15) is 0 Å². The molecule has 1 aromatic heterocycles. The van der Waals surface area contributed by atoms with Gasteiger partial charge in [-0.05, 0) is 103 Å². The molecule has 0 radical (unpaired) electrons. The summed E-state index contributed by atoms with van der Waals surface area (Å²) in [6.45, 7) is 0. The first kappa shape index (κ1) is 35.0. The van der Waals surface area contributed by atoms with E-state index in [0.29, 0.717) is 0 Å². The van der Waals surface area contributed by atoms with E-state index in [1.165, 1.54) is 55.5 Å². The van der Waals surface area contributed by atoms with Crippen LogP contribution in [0.2, 0.25) is 0 Å². The fraction of sp³-hybridized carbons (Fsp3) is 0.0169. The minimum Gasteiger partial charge on any atom is -0.455 e. The molecule has 10 aromatic carbocycles. The van der Waals surface area contributed by atoms with E-state index in [0.717, 1.165) is 50.0 Å². The molecular formula is C59H39NO. The van der Waals surface area contributed by atoms with E-state index >= 15 is 0 Å². The van der Waals surface area contributed by atoms with Crippen LogP contribution in [0.4, 0.5) is 17.1 Å². The first-order valence-electron chi connectivity index (χ1n) is 21.0. The van der Waals surface area contributed by atoms with Crippen LogP contribution < -0.4 is 4.90 Å². The Bertz CT molecular complexity index is 3370. The van der Waals surface area contributed by atoms with Gasteiger partial charge in [0.25, 0.3) is 0 Å². The topological polar surface area (TPSA) is 16.4 Å². The molecule has 0 spiro atoms. The van der Waals surface area contributed by atoms with Gasteiger partial charge in [0.15, 0.2) is 0 Å². The van der Waals surface area contributed by atoms with Crippen LogP contribution in [-0.2, 0) is 5.41 Å². The molecule has 0 N–H and O–H groups in total. The van der Waals surface area contributed by atoms with Gasteiger partial charge in [-0.1, -0.05) is 194 Å². The monoisotopic (exact) mass is 777 g/mol. The standard InChI is InChI=1S/C59H39NO/c1-5-19-40(20-6-1)42-23-17-28-45(37-42)60(55-33-18-34-56-57(55)52-39-51(41-21-7-2-8-22-41)47-29-13-14-31-50(47)58(52)61-56)46-35-36-49-48-30-15-16-32-53(48)59(54(49)38-46,43-24-9-3-10-25-43)44-26-11-4-12-27-44/h1-39H. The normalized spacial score (nSPS) is 12.7. The average Bonchev–Trinajstić information content (AvgIpc) is 3.87. The van der Waals surface area contributed by atoms with Gasteiger partial charge in [0, 0.05) is 22.1 Å².